The van der Waals surface area contributed by atoms with E-state index >= 15 is 0 Å². The van der Waals surface area contributed by atoms with Crippen LogP contribution < -0.4 is 10.1 Å². The van der Waals surface area contributed by atoms with Gasteiger partial charge in [-0.1, -0.05) is 18.2 Å². The van der Waals surface area contributed by atoms with Crippen molar-refractivity contribution in [2.45, 2.75) is 13.8 Å². The molecule has 1 N–H and O–H groups in total. The summed E-state index contributed by atoms with van der Waals surface area (Å²) < 4.78 is 5.49. The highest BCUT2D eigenvalue weighted by atomic mass is 16.6. The lowest BCUT2D eigenvalue weighted by atomic mass is 10.1. The van der Waals surface area contributed by atoms with Gasteiger partial charge >= 0.3 is 0 Å². The number of carbonyl (C=O) groups excluding carboxylic acids is 1. The maximum atomic E-state index is 12.3. The third kappa shape index (κ3) is 3.44. The molecule has 2 aromatic carbocycles. The van der Waals surface area contributed by atoms with Gasteiger partial charge in [0.2, 0.25) is 5.88 Å². The Bertz CT molecular complexity index is 998. The summed E-state index contributed by atoms with van der Waals surface area (Å²) in [7, 11) is 0. The van der Waals surface area contributed by atoms with Crippen molar-refractivity contribution in [1.82, 2.24) is 9.97 Å². The molecule has 3 rings (SSSR count). The number of para-hydroxylation sites is 1. The number of aryl methyl sites for hydroxylation is 1. The molecule has 0 spiro atoms. The largest absolute Gasteiger partial charge is 0.467 e. The molecule has 26 heavy (non-hydrogen) atoms. The molecule has 0 aliphatic rings. The van der Waals surface area contributed by atoms with Crippen molar-refractivity contribution in [3.63, 3.8) is 0 Å². The number of aromatic nitrogens is 2. The SMILES string of the molecule is Cc1ccc([N+](=O)[O-])c(NC(=O)COc2ncnc3ccccc23)c1C. The van der Waals surface area contributed by atoms with E-state index in [9.17, 15) is 14.9 Å². The van der Waals surface area contributed by atoms with Crippen LogP contribution in [0.25, 0.3) is 10.9 Å². The highest BCUT2D eigenvalue weighted by molar-refractivity contribution is 5.95. The Morgan fingerprint density at radius 1 is 1.19 bits per heavy atom. The van der Waals surface area contributed by atoms with Gasteiger partial charge < -0.3 is 10.1 Å². The van der Waals surface area contributed by atoms with Crippen LogP contribution in [-0.4, -0.2) is 27.4 Å². The maximum absolute atomic E-state index is 12.3. The first-order chi connectivity index (χ1) is 12.5. The number of nitrogens with zero attached hydrogens (tertiary/aromatic N) is 3. The summed E-state index contributed by atoms with van der Waals surface area (Å²) in [5.74, 6) is -0.231. The van der Waals surface area contributed by atoms with Gasteiger partial charge in [-0.3, -0.25) is 14.9 Å². The molecule has 0 atom stereocenters. The highest BCUT2D eigenvalue weighted by Gasteiger charge is 2.19. The Morgan fingerprint density at radius 3 is 2.73 bits per heavy atom. The predicted molar refractivity (Wildman–Crippen MR) is 96.2 cm³/mol. The second kappa shape index (κ2) is 7.14. The maximum Gasteiger partial charge on any atom is 0.293 e. The number of hydrogen-bond donors (Lipinski definition) is 1. The number of nitrogens with one attached hydrogen (secondary N) is 1. The Labute approximate surface area is 149 Å². The van der Waals surface area contributed by atoms with Crippen LogP contribution in [0, 0.1) is 24.0 Å². The fraction of sp³-hybridized carbons (Fsp3) is 0.167. The van der Waals surface area contributed by atoms with Gasteiger partial charge in [0.25, 0.3) is 11.6 Å². The first-order valence-electron chi connectivity index (χ1n) is 7.84. The summed E-state index contributed by atoms with van der Waals surface area (Å²) in [5.41, 5.74) is 2.20. The van der Waals surface area contributed by atoms with Gasteiger partial charge in [0.1, 0.15) is 12.0 Å². The van der Waals surface area contributed by atoms with Crippen molar-refractivity contribution < 1.29 is 14.5 Å². The number of rotatable bonds is 5. The number of hydrogen-bond acceptors (Lipinski definition) is 6. The minimum absolute atomic E-state index is 0.158. The zero-order chi connectivity index (χ0) is 18.7. The third-order valence-corrected chi connectivity index (χ3v) is 4.02. The second-order valence-corrected chi connectivity index (χ2v) is 5.69. The van der Waals surface area contributed by atoms with Gasteiger partial charge in [0, 0.05) is 6.07 Å². The first kappa shape index (κ1) is 17.3. The van der Waals surface area contributed by atoms with Gasteiger partial charge in [-0.25, -0.2) is 9.97 Å². The zero-order valence-corrected chi connectivity index (χ0v) is 14.2. The Kier molecular flexibility index (Phi) is 4.74. The van der Waals surface area contributed by atoms with Gasteiger partial charge in [-0.15, -0.1) is 0 Å². The molecular formula is C18H16N4O4. The molecule has 0 unspecified atom stereocenters. The van der Waals surface area contributed by atoms with Crippen LogP contribution >= 0.6 is 0 Å². The molecule has 1 heterocycles. The van der Waals surface area contributed by atoms with E-state index in [1.807, 2.05) is 25.1 Å². The summed E-state index contributed by atoms with van der Waals surface area (Å²) >= 11 is 0. The van der Waals surface area contributed by atoms with Crippen LogP contribution in [0.15, 0.2) is 42.7 Å². The molecule has 0 radical (unpaired) electrons. The van der Waals surface area contributed by atoms with Crippen LogP contribution in [0.3, 0.4) is 0 Å². The molecule has 0 aliphatic heterocycles. The average molecular weight is 352 g/mol. The van der Waals surface area contributed by atoms with Crippen LogP contribution in [0.4, 0.5) is 11.4 Å². The lowest BCUT2D eigenvalue weighted by Gasteiger charge is -2.12. The van der Waals surface area contributed by atoms with E-state index in [1.165, 1.54) is 12.4 Å². The van der Waals surface area contributed by atoms with Crippen LogP contribution in [0.5, 0.6) is 5.88 Å². The predicted octanol–water partition coefficient (Wildman–Crippen LogP) is 3.17. The van der Waals surface area contributed by atoms with Gasteiger partial charge in [-0.2, -0.15) is 0 Å². The smallest absolute Gasteiger partial charge is 0.293 e. The molecule has 3 aromatic rings. The van der Waals surface area contributed by atoms with Crippen molar-refractivity contribution in [3.05, 3.63) is 64.0 Å². The Morgan fingerprint density at radius 2 is 1.96 bits per heavy atom. The number of carbonyl (C=O) groups is 1. The van der Waals surface area contributed by atoms with Gasteiger partial charge in [0.05, 0.1) is 15.8 Å². The summed E-state index contributed by atoms with van der Waals surface area (Å²) in [6.07, 6.45) is 1.35. The highest BCUT2D eigenvalue weighted by Crippen LogP contribution is 2.30. The van der Waals surface area contributed by atoms with Crippen molar-refractivity contribution in [2.75, 3.05) is 11.9 Å². The number of amides is 1. The molecule has 8 nitrogen and oxygen atoms in total. The topological polar surface area (TPSA) is 107 Å². The molecule has 0 fully saturated rings. The van der Waals surface area contributed by atoms with Crippen molar-refractivity contribution in [2.24, 2.45) is 0 Å². The lowest BCUT2D eigenvalue weighted by molar-refractivity contribution is -0.384. The Hall–Kier alpha value is -3.55. The molecule has 0 saturated heterocycles. The third-order valence-electron chi connectivity index (χ3n) is 4.02. The molecule has 8 heteroatoms. The quantitative estimate of drug-likeness (QED) is 0.558. The minimum Gasteiger partial charge on any atom is -0.467 e. The minimum atomic E-state index is -0.527. The standard InChI is InChI=1S/C18H16N4O4/c1-11-7-8-15(22(24)25)17(12(11)2)21-16(23)9-26-18-13-5-3-4-6-14(13)19-10-20-18/h3-8,10H,9H2,1-2H3,(H,21,23). The monoisotopic (exact) mass is 352 g/mol. The first-order valence-corrected chi connectivity index (χ1v) is 7.84. The average Bonchev–Trinajstić information content (AvgIpc) is 2.63. The number of ether oxygens (including phenoxy) is 1. The van der Waals surface area contributed by atoms with Crippen molar-refractivity contribution in [3.8, 4) is 5.88 Å². The van der Waals surface area contributed by atoms with E-state index in [2.05, 4.69) is 15.3 Å². The Balaban J connectivity index is 1.78. The number of anilines is 1. The van der Waals surface area contributed by atoms with E-state index in [0.717, 1.165) is 5.56 Å². The number of fused-ring (bicyclic) bond motifs is 1. The molecule has 0 bridgehead atoms. The van der Waals surface area contributed by atoms with E-state index in [0.29, 0.717) is 16.5 Å². The van der Waals surface area contributed by atoms with Crippen molar-refractivity contribution >= 4 is 28.2 Å². The fourth-order valence-corrected chi connectivity index (χ4v) is 2.52. The molecule has 1 aromatic heterocycles. The normalized spacial score (nSPS) is 10.5. The zero-order valence-electron chi connectivity index (χ0n) is 14.2. The second-order valence-electron chi connectivity index (χ2n) is 5.69. The van der Waals surface area contributed by atoms with E-state index < -0.39 is 10.8 Å². The molecular weight excluding hydrogens is 336 g/mol. The summed E-state index contributed by atoms with van der Waals surface area (Å²) in [6.45, 7) is 3.21. The van der Waals surface area contributed by atoms with Crippen molar-refractivity contribution in [1.29, 1.82) is 0 Å². The van der Waals surface area contributed by atoms with E-state index in [-0.39, 0.29) is 23.9 Å². The summed E-state index contributed by atoms with van der Waals surface area (Å²) in [5, 5.41) is 14.4. The van der Waals surface area contributed by atoms with E-state index in [4.69, 9.17) is 4.74 Å². The molecule has 0 saturated carbocycles. The fourth-order valence-electron chi connectivity index (χ4n) is 2.52. The molecule has 1 amide bonds. The van der Waals surface area contributed by atoms with E-state index in [1.54, 1.807) is 19.1 Å². The summed E-state index contributed by atoms with van der Waals surface area (Å²) in [6, 6.07) is 10.3. The summed E-state index contributed by atoms with van der Waals surface area (Å²) in [4.78, 5) is 31.1. The van der Waals surface area contributed by atoms with Crippen LogP contribution in [0.1, 0.15) is 11.1 Å². The van der Waals surface area contributed by atoms with Crippen LogP contribution in [0.2, 0.25) is 0 Å². The number of nitro groups is 1. The molecule has 0 aliphatic carbocycles. The van der Waals surface area contributed by atoms with Crippen LogP contribution in [-0.2, 0) is 4.79 Å². The van der Waals surface area contributed by atoms with Gasteiger partial charge in [-0.05, 0) is 37.1 Å². The van der Waals surface area contributed by atoms with Gasteiger partial charge in [0.15, 0.2) is 6.61 Å². The number of benzene rings is 2. The lowest BCUT2D eigenvalue weighted by Crippen LogP contribution is -2.22. The molecule has 132 valence electrons. The number of nitro benzene ring substituents is 1.